The van der Waals surface area contributed by atoms with E-state index in [1.54, 1.807) is 14.2 Å². The molecule has 1 radical (unpaired) electrons. The zero-order valence-electron chi connectivity index (χ0n) is 15.6. The van der Waals surface area contributed by atoms with Crippen molar-refractivity contribution >= 4 is 10.9 Å². The van der Waals surface area contributed by atoms with E-state index in [1.807, 2.05) is 18.3 Å². The molecular formula is C23H26NO2. The van der Waals surface area contributed by atoms with Crippen molar-refractivity contribution in [3.8, 4) is 11.5 Å². The molecule has 26 heavy (non-hydrogen) atoms. The van der Waals surface area contributed by atoms with Crippen LogP contribution in [0.3, 0.4) is 0 Å². The van der Waals surface area contributed by atoms with Crippen LogP contribution >= 0.6 is 0 Å². The predicted molar refractivity (Wildman–Crippen MR) is 107 cm³/mol. The average Bonchev–Trinajstić information content (AvgIpc) is 2.69. The summed E-state index contributed by atoms with van der Waals surface area (Å²) in [6, 6.07) is 14.7. The van der Waals surface area contributed by atoms with Gasteiger partial charge in [0.15, 0.2) is 0 Å². The third-order valence-corrected chi connectivity index (χ3v) is 4.75. The molecule has 3 aromatic rings. The Hall–Kier alpha value is -2.55. The van der Waals surface area contributed by atoms with Crippen LogP contribution in [-0.2, 0) is 19.3 Å². The van der Waals surface area contributed by atoms with Crippen LogP contribution in [0.25, 0.3) is 10.9 Å². The summed E-state index contributed by atoms with van der Waals surface area (Å²) >= 11 is 0. The van der Waals surface area contributed by atoms with Crippen molar-refractivity contribution in [3.05, 3.63) is 72.3 Å². The highest BCUT2D eigenvalue weighted by Gasteiger charge is 2.06. The van der Waals surface area contributed by atoms with Crippen LogP contribution in [0.1, 0.15) is 29.5 Å². The molecule has 1 heterocycles. The van der Waals surface area contributed by atoms with Crippen LogP contribution in [0.5, 0.6) is 11.5 Å². The lowest BCUT2D eigenvalue weighted by Crippen LogP contribution is -1.96. The molecule has 3 heteroatoms. The van der Waals surface area contributed by atoms with Gasteiger partial charge in [0.2, 0.25) is 0 Å². The van der Waals surface area contributed by atoms with E-state index in [-0.39, 0.29) is 0 Å². The zero-order valence-corrected chi connectivity index (χ0v) is 15.6. The van der Waals surface area contributed by atoms with Crippen LogP contribution in [0.15, 0.2) is 48.7 Å². The molecule has 0 saturated carbocycles. The molecule has 135 valence electrons. The maximum Gasteiger partial charge on any atom is 0.122 e. The first-order chi connectivity index (χ1) is 12.7. The highest BCUT2D eigenvalue weighted by atomic mass is 16.5. The quantitative estimate of drug-likeness (QED) is 0.561. The minimum absolute atomic E-state index is 0.873. The molecule has 0 aliphatic heterocycles. The Morgan fingerprint density at radius 3 is 2.54 bits per heavy atom. The minimum Gasteiger partial charge on any atom is -0.497 e. The predicted octanol–water partition coefficient (Wildman–Crippen LogP) is 5.19. The van der Waals surface area contributed by atoms with Crippen LogP contribution in [-0.4, -0.2) is 19.2 Å². The van der Waals surface area contributed by atoms with Gasteiger partial charge < -0.3 is 9.47 Å². The van der Waals surface area contributed by atoms with Crippen molar-refractivity contribution in [2.75, 3.05) is 14.2 Å². The number of nitrogens with zero attached hydrogens (tertiary/aromatic N) is 1. The van der Waals surface area contributed by atoms with Crippen molar-refractivity contribution in [2.24, 2.45) is 0 Å². The smallest absolute Gasteiger partial charge is 0.122 e. The Morgan fingerprint density at radius 2 is 1.77 bits per heavy atom. The minimum atomic E-state index is 0.873. The van der Waals surface area contributed by atoms with E-state index in [4.69, 9.17) is 9.47 Å². The number of pyridine rings is 1. The highest BCUT2D eigenvalue weighted by Crippen LogP contribution is 2.25. The molecule has 0 atom stereocenters. The van der Waals surface area contributed by atoms with Crippen LogP contribution < -0.4 is 9.47 Å². The van der Waals surface area contributed by atoms with Gasteiger partial charge in [-0.05, 0) is 79.1 Å². The van der Waals surface area contributed by atoms with Crippen molar-refractivity contribution in [1.82, 2.24) is 4.98 Å². The fourth-order valence-corrected chi connectivity index (χ4v) is 3.35. The summed E-state index contributed by atoms with van der Waals surface area (Å²) in [5.41, 5.74) is 4.88. The Kier molecular flexibility index (Phi) is 6.11. The number of ether oxygens (including phenoxy) is 2. The van der Waals surface area contributed by atoms with E-state index >= 15 is 0 Å². The van der Waals surface area contributed by atoms with Crippen LogP contribution in [0, 0.1) is 6.92 Å². The number of hydrogen-bond donors (Lipinski definition) is 0. The van der Waals surface area contributed by atoms with Gasteiger partial charge in [-0.15, -0.1) is 0 Å². The molecule has 0 bridgehead atoms. The van der Waals surface area contributed by atoms with Crippen LogP contribution in [0.4, 0.5) is 0 Å². The van der Waals surface area contributed by atoms with E-state index in [2.05, 4.69) is 42.2 Å². The highest BCUT2D eigenvalue weighted by molar-refractivity contribution is 5.83. The van der Waals surface area contributed by atoms with Gasteiger partial charge in [-0.25, -0.2) is 0 Å². The molecule has 3 rings (SSSR count). The van der Waals surface area contributed by atoms with Crippen LogP contribution in [0.2, 0.25) is 0 Å². The summed E-state index contributed by atoms with van der Waals surface area (Å²) < 4.78 is 10.9. The lowest BCUT2D eigenvalue weighted by atomic mass is 9.99. The largest absolute Gasteiger partial charge is 0.497 e. The Labute approximate surface area is 156 Å². The van der Waals surface area contributed by atoms with Gasteiger partial charge in [0.1, 0.15) is 11.5 Å². The molecule has 0 aliphatic rings. The number of hydrogen-bond acceptors (Lipinski definition) is 3. The molecule has 0 spiro atoms. The zero-order chi connectivity index (χ0) is 18.4. The number of rotatable bonds is 8. The fourth-order valence-electron chi connectivity index (χ4n) is 3.35. The van der Waals surface area contributed by atoms with Gasteiger partial charge in [-0.2, -0.15) is 0 Å². The van der Waals surface area contributed by atoms with Gasteiger partial charge in [-0.1, -0.05) is 19.1 Å². The maximum absolute atomic E-state index is 5.54. The summed E-state index contributed by atoms with van der Waals surface area (Å²) in [6.45, 7) is 3.93. The Morgan fingerprint density at radius 1 is 0.885 bits per heavy atom. The molecular weight excluding hydrogens is 322 g/mol. The first-order valence-corrected chi connectivity index (χ1v) is 9.12. The Balaban J connectivity index is 1.71. The second kappa shape index (κ2) is 8.70. The second-order valence-corrected chi connectivity index (χ2v) is 6.46. The van der Waals surface area contributed by atoms with Gasteiger partial charge in [0, 0.05) is 11.6 Å². The molecule has 3 nitrogen and oxygen atoms in total. The summed E-state index contributed by atoms with van der Waals surface area (Å²) in [7, 11) is 3.44. The summed E-state index contributed by atoms with van der Waals surface area (Å²) in [6.07, 6.45) is 6.83. The molecule has 1 aromatic heterocycles. The number of benzene rings is 2. The van der Waals surface area contributed by atoms with Gasteiger partial charge in [-0.3, -0.25) is 4.98 Å². The van der Waals surface area contributed by atoms with Crippen molar-refractivity contribution in [2.45, 2.75) is 32.1 Å². The van der Waals surface area contributed by atoms with Crippen molar-refractivity contribution in [1.29, 1.82) is 0 Å². The average molecular weight is 348 g/mol. The number of aromatic nitrogens is 1. The van der Waals surface area contributed by atoms with Crippen molar-refractivity contribution in [3.63, 3.8) is 0 Å². The summed E-state index contributed by atoms with van der Waals surface area (Å²) in [4.78, 5) is 4.46. The summed E-state index contributed by atoms with van der Waals surface area (Å²) in [5, 5.41) is 1.18. The lowest BCUT2D eigenvalue weighted by Gasteiger charge is -2.11. The third kappa shape index (κ3) is 4.16. The number of aryl methyl sites for hydroxylation is 3. The molecule has 0 fully saturated rings. The standard InChI is InChI=1S/C23H26NO2/c1-4-6-19-10-9-17(15-23(19)26-3)7-5-8-18-13-14-24-22-12-11-20(25-2)16-21(18)22/h9-16H,1,4-8H2,2-3H3. The van der Waals surface area contributed by atoms with E-state index in [0.29, 0.717) is 0 Å². The van der Waals surface area contributed by atoms with E-state index < -0.39 is 0 Å². The summed E-state index contributed by atoms with van der Waals surface area (Å²) in [5.74, 6) is 1.85. The first-order valence-electron chi connectivity index (χ1n) is 9.12. The Bertz CT molecular complexity index is 873. The molecule has 2 aromatic carbocycles. The topological polar surface area (TPSA) is 31.4 Å². The lowest BCUT2D eigenvalue weighted by molar-refractivity contribution is 0.409. The SMILES string of the molecule is [CH2]CCc1ccc(CCCc2ccnc3ccc(OC)cc23)cc1OC. The molecule has 0 unspecified atom stereocenters. The monoisotopic (exact) mass is 348 g/mol. The molecule has 0 aliphatic carbocycles. The third-order valence-electron chi connectivity index (χ3n) is 4.75. The van der Waals surface area contributed by atoms with Gasteiger partial charge >= 0.3 is 0 Å². The fraction of sp³-hybridized carbons (Fsp3) is 0.304. The number of methoxy groups -OCH3 is 2. The maximum atomic E-state index is 5.54. The van der Waals surface area contributed by atoms with E-state index in [9.17, 15) is 0 Å². The molecule has 0 amide bonds. The first kappa shape index (κ1) is 18.2. The van der Waals surface area contributed by atoms with Gasteiger partial charge in [0.05, 0.1) is 19.7 Å². The van der Waals surface area contributed by atoms with E-state index in [1.165, 1.54) is 22.1 Å². The number of fused-ring (bicyclic) bond motifs is 1. The second-order valence-electron chi connectivity index (χ2n) is 6.46. The van der Waals surface area contributed by atoms with Crippen molar-refractivity contribution < 1.29 is 9.47 Å². The van der Waals surface area contributed by atoms with Gasteiger partial charge in [0.25, 0.3) is 0 Å². The van der Waals surface area contributed by atoms with E-state index in [0.717, 1.165) is 49.1 Å². The molecule has 0 N–H and O–H groups in total. The molecule has 0 saturated heterocycles. The normalized spacial score (nSPS) is 10.9.